The Morgan fingerprint density at radius 2 is 1.73 bits per heavy atom. The number of hydrogen-bond donors (Lipinski definition) is 2. The number of nitrogens with one attached hydrogen (secondary N) is 1. The lowest BCUT2D eigenvalue weighted by atomic mass is 9.98. The first-order chi connectivity index (χ1) is 10.2. The summed E-state index contributed by atoms with van der Waals surface area (Å²) in [6.45, 7) is 0.678. The lowest BCUT2D eigenvalue weighted by molar-refractivity contribution is 0.284. The molecule has 1 atom stereocenters. The van der Waals surface area contributed by atoms with E-state index in [2.05, 4.69) is 5.32 Å². The molecule has 22 heavy (non-hydrogen) atoms. The van der Waals surface area contributed by atoms with Crippen LogP contribution in [0.5, 0.6) is 5.75 Å². The normalized spacial score (nSPS) is 11.6. The molecule has 0 aromatic heterocycles. The van der Waals surface area contributed by atoms with Gasteiger partial charge in [0.05, 0.1) is 13.7 Å². The quantitative estimate of drug-likeness (QED) is 0.807. The standard InChI is InChI=1S/C17H20ClNO2.ClH/c1-21-16-8-4-14(5-9-16)17(19-10-11-20)12-13-2-6-15(18)7-3-13;/h2-9,17,19-20H,10-12H2,1H3;1H. The molecule has 2 N–H and O–H groups in total. The molecule has 0 saturated carbocycles. The molecular formula is C17H21Cl2NO2. The number of methoxy groups -OCH3 is 1. The van der Waals surface area contributed by atoms with E-state index in [0.717, 1.165) is 17.2 Å². The minimum atomic E-state index is 0. The van der Waals surface area contributed by atoms with Gasteiger partial charge in [0.1, 0.15) is 5.75 Å². The lowest BCUT2D eigenvalue weighted by Gasteiger charge is -2.19. The van der Waals surface area contributed by atoms with Crippen molar-refractivity contribution < 1.29 is 9.84 Å². The van der Waals surface area contributed by atoms with Gasteiger partial charge in [-0.2, -0.15) is 0 Å². The maximum absolute atomic E-state index is 9.05. The van der Waals surface area contributed by atoms with Crippen molar-refractivity contribution in [2.75, 3.05) is 20.3 Å². The largest absolute Gasteiger partial charge is 0.497 e. The summed E-state index contributed by atoms with van der Waals surface area (Å²) in [4.78, 5) is 0. The topological polar surface area (TPSA) is 41.5 Å². The van der Waals surface area contributed by atoms with Gasteiger partial charge in [0, 0.05) is 17.6 Å². The SMILES string of the molecule is COc1ccc(C(Cc2ccc(Cl)cc2)NCCO)cc1.Cl. The molecule has 0 aliphatic heterocycles. The first kappa shape index (κ1) is 18.8. The van der Waals surface area contributed by atoms with Gasteiger partial charge < -0.3 is 15.2 Å². The second kappa shape index (κ2) is 9.70. The molecule has 120 valence electrons. The van der Waals surface area contributed by atoms with Crippen molar-refractivity contribution in [2.24, 2.45) is 0 Å². The van der Waals surface area contributed by atoms with Crippen LogP contribution in [0.3, 0.4) is 0 Å². The number of aliphatic hydroxyl groups excluding tert-OH is 1. The van der Waals surface area contributed by atoms with Gasteiger partial charge in [-0.25, -0.2) is 0 Å². The summed E-state index contributed by atoms with van der Waals surface area (Å²) in [5.41, 5.74) is 2.37. The summed E-state index contributed by atoms with van der Waals surface area (Å²) >= 11 is 5.92. The van der Waals surface area contributed by atoms with Crippen LogP contribution in [0.1, 0.15) is 17.2 Å². The van der Waals surface area contributed by atoms with Crippen molar-refractivity contribution >= 4 is 24.0 Å². The Balaban J connectivity index is 0.00000242. The van der Waals surface area contributed by atoms with E-state index in [1.165, 1.54) is 11.1 Å². The van der Waals surface area contributed by atoms with Gasteiger partial charge in [-0.15, -0.1) is 12.4 Å². The number of hydrogen-bond acceptors (Lipinski definition) is 3. The smallest absolute Gasteiger partial charge is 0.118 e. The Morgan fingerprint density at radius 3 is 2.27 bits per heavy atom. The molecule has 2 aromatic rings. The van der Waals surface area contributed by atoms with Gasteiger partial charge in [-0.1, -0.05) is 35.9 Å². The molecule has 2 rings (SSSR count). The highest BCUT2D eigenvalue weighted by Crippen LogP contribution is 2.22. The Hall–Kier alpha value is -1.26. The molecule has 0 aliphatic rings. The predicted molar refractivity (Wildman–Crippen MR) is 93.2 cm³/mol. The first-order valence-corrected chi connectivity index (χ1v) is 7.33. The zero-order valence-electron chi connectivity index (χ0n) is 12.5. The fourth-order valence-electron chi connectivity index (χ4n) is 2.24. The van der Waals surface area contributed by atoms with Crippen molar-refractivity contribution in [1.82, 2.24) is 5.32 Å². The average molecular weight is 342 g/mol. The molecule has 2 aromatic carbocycles. The van der Waals surface area contributed by atoms with Crippen LogP contribution in [-0.4, -0.2) is 25.4 Å². The van der Waals surface area contributed by atoms with Gasteiger partial charge in [0.2, 0.25) is 0 Å². The van der Waals surface area contributed by atoms with Gasteiger partial charge in [0.25, 0.3) is 0 Å². The average Bonchev–Trinajstić information content (AvgIpc) is 2.53. The van der Waals surface area contributed by atoms with E-state index < -0.39 is 0 Å². The Morgan fingerprint density at radius 1 is 1.09 bits per heavy atom. The molecule has 5 heteroatoms. The van der Waals surface area contributed by atoms with Crippen LogP contribution in [0.25, 0.3) is 0 Å². The van der Waals surface area contributed by atoms with Crippen LogP contribution < -0.4 is 10.1 Å². The van der Waals surface area contributed by atoms with Gasteiger partial charge in [-0.3, -0.25) is 0 Å². The maximum atomic E-state index is 9.05. The molecule has 0 spiro atoms. The van der Waals surface area contributed by atoms with Crippen LogP contribution in [0, 0.1) is 0 Å². The summed E-state index contributed by atoms with van der Waals surface area (Å²) in [6, 6.07) is 16.0. The van der Waals surface area contributed by atoms with E-state index in [4.69, 9.17) is 21.4 Å². The third-order valence-corrected chi connectivity index (χ3v) is 3.63. The number of halogens is 2. The number of aliphatic hydroxyl groups is 1. The van der Waals surface area contributed by atoms with Crippen LogP contribution in [-0.2, 0) is 6.42 Å². The highest BCUT2D eigenvalue weighted by molar-refractivity contribution is 6.30. The van der Waals surface area contributed by atoms with E-state index in [0.29, 0.717) is 6.54 Å². The van der Waals surface area contributed by atoms with Crippen LogP contribution in [0.15, 0.2) is 48.5 Å². The molecule has 0 aliphatic carbocycles. The van der Waals surface area contributed by atoms with E-state index in [1.54, 1.807) is 7.11 Å². The molecule has 0 bridgehead atoms. The summed E-state index contributed by atoms with van der Waals surface area (Å²) in [5.74, 6) is 0.839. The Labute approximate surface area is 142 Å². The second-order valence-corrected chi connectivity index (χ2v) is 5.27. The van der Waals surface area contributed by atoms with Crippen LogP contribution in [0.2, 0.25) is 5.02 Å². The van der Waals surface area contributed by atoms with Crippen molar-refractivity contribution in [1.29, 1.82) is 0 Å². The minimum absolute atomic E-state index is 0. The second-order valence-electron chi connectivity index (χ2n) is 4.83. The molecular weight excluding hydrogens is 321 g/mol. The number of benzene rings is 2. The van der Waals surface area contributed by atoms with Crippen molar-refractivity contribution in [3.8, 4) is 5.75 Å². The summed E-state index contributed by atoms with van der Waals surface area (Å²) < 4.78 is 5.19. The highest BCUT2D eigenvalue weighted by Gasteiger charge is 2.12. The van der Waals surface area contributed by atoms with Crippen molar-refractivity contribution in [2.45, 2.75) is 12.5 Å². The Kier molecular flexibility index (Phi) is 8.28. The van der Waals surface area contributed by atoms with Gasteiger partial charge >= 0.3 is 0 Å². The van der Waals surface area contributed by atoms with Crippen molar-refractivity contribution in [3.05, 3.63) is 64.7 Å². The molecule has 0 radical (unpaired) electrons. The molecule has 0 heterocycles. The molecule has 3 nitrogen and oxygen atoms in total. The molecule has 0 saturated heterocycles. The summed E-state index contributed by atoms with van der Waals surface area (Å²) in [5, 5.41) is 13.1. The third-order valence-electron chi connectivity index (χ3n) is 3.37. The molecule has 0 fully saturated rings. The first-order valence-electron chi connectivity index (χ1n) is 6.95. The zero-order valence-corrected chi connectivity index (χ0v) is 14.0. The fourth-order valence-corrected chi connectivity index (χ4v) is 2.37. The monoisotopic (exact) mass is 341 g/mol. The number of ether oxygens (including phenoxy) is 1. The van der Waals surface area contributed by atoms with E-state index >= 15 is 0 Å². The zero-order chi connectivity index (χ0) is 15.1. The lowest BCUT2D eigenvalue weighted by Crippen LogP contribution is -2.26. The van der Waals surface area contributed by atoms with Gasteiger partial charge in [-0.05, 0) is 41.8 Å². The van der Waals surface area contributed by atoms with E-state index in [-0.39, 0.29) is 25.1 Å². The van der Waals surface area contributed by atoms with Crippen LogP contribution >= 0.6 is 24.0 Å². The third kappa shape index (κ3) is 5.50. The van der Waals surface area contributed by atoms with Crippen LogP contribution in [0.4, 0.5) is 0 Å². The predicted octanol–water partition coefficient (Wildman–Crippen LogP) is 3.64. The number of rotatable bonds is 7. The van der Waals surface area contributed by atoms with Crippen molar-refractivity contribution in [3.63, 3.8) is 0 Å². The summed E-state index contributed by atoms with van der Waals surface area (Å²) in [6.07, 6.45) is 0.837. The maximum Gasteiger partial charge on any atom is 0.118 e. The highest BCUT2D eigenvalue weighted by atomic mass is 35.5. The molecule has 1 unspecified atom stereocenters. The summed E-state index contributed by atoms with van der Waals surface area (Å²) in [7, 11) is 1.66. The minimum Gasteiger partial charge on any atom is -0.497 e. The van der Waals surface area contributed by atoms with Gasteiger partial charge in [0.15, 0.2) is 0 Å². The van der Waals surface area contributed by atoms with E-state index in [9.17, 15) is 0 Å². The Bertz CT molecular complexity index is 544. The van der Waals surface area contributed by atoms with E-state index in [1.807, 2.05) is 48.5 Å². The molecule has 0 amide bonds. The fraction of sp³-hybridized carbons (Fsp3) is 0.294.